The van der Waals surface area contributed by atoms with Crippen LogP contribution in [0.5, 0.6) is 5.75 Å². The van der Waals surface area contributed by atoms with Gasteiger partial charge in [-0.1, -0.05) is 24.3 Å². The van der Waals surface area contributed by atoms with Crippen molar-refractivity contribution >= 4 is 17.3 Å². The number of carbonyl (C=O) groups excluding carboxylic acids is 1. The van der Waals surface area contributed by atoms with E-state index in [1.807, 2.05) is 48.5 Å². The molecule has 0 atom stereocenters. The van der Waals surface area contributed by atoms with Crippen molar-refractivity contribution in [2.45, 2.75) is 6.54 Å². The normalized spacial score (nSPS) is 13.1. The third-order valence-electron chi connectivity index (χ3n) is 2.98. The number of hydrogen-bond acceptors (Lipinski definition) is 4. The maximum Gasteiger partial charge on any atom is 0.262 e. The number of hydrazine groups is 1. The molecule has 1 amide bonds. The predicted octanol–water partition coefficient (Wildman–Crippen LogP) is 2.13. The van der Waals surface area contributed by atoms with E-state index in [0.717, 1.165) is 16.9 Å². The van der Waals surface area contributed by atoms with Crippen molar-refractivity contribution in [3.8, 4) is 5.75 Å². The average Bonchev–Trinajstić information content (AvgIpc) is 2.48. The maximum atomic E-state index is 11.3. The smallest absolute Gasteiger partial charge is 0.262 e. The molecule has 0 radical (unpaired) electrons. The van der Waals surface area contributed by atoms with E-state index in [4.69, 9.17) is 4.74 Å². The van der Waals surface area contributed by atoms with Crippen molar-refractivity contribution in [2.75, 3.05) is 17.3 Å². The van der Waals surface area contributed by atoms with Gasteiger partial charge in [-0.25, -0.2) is 5.43 Å². The van der Waals surface area contributed by atoms with Crippen molar-refractivity contribution in [3.05, 3.63) is 54.1 Å². The molecule has 0 fully saturated rings. The lowest BCUT2D eigenvalue weighted by atomic mass is 10.1. The molecular formula is C15H15N3O2. The lowest BCUT2D eigenvalue weighted by Crippen LogP contribution is -2.26. The van der Waals surface area contributed by atoms with Crippen LogP contribution in [-0.4, -0.2) is 12.5 Å². The summed E-state index contributed by atoms with van der Waals surface area (Å²) in [4.78, 5) is 11.3. The molecule has 0 aliphatic carbocycles. The number of ether oxygens (including phenoxy) is 1. The predicted molar refractivity (Wildman–Crippen MR) is 77.5 cm³/mol. The van der Waals surface area contributed by atoms with Crippen LogP contribution in [-0.2, 0) is 11.3 Å². The maximum absolute atomic E-state index is 11.3. The molecule has 1 heterocycles. The van der Waals surface area contributed by atoms with Crippen LogP contribution in [0.3, 0.4) is 0 Å². The third-order valence-corrected chi connectivity index (χ3v) is 2.98. The molecule has 1 aliphatic heterocycles. The van der Waals surface area contributed by atoms with Gasteiger partial charge in [0.15, 0.2) is 6.61 Å². The van der Waals surface area contributed by atoms with E-state index in [0.29, 0.717) is 12.3 Å². The van der Waals surface area contributed by atoms with Gasteiger partial charge in [0.1, 0.15) is 5.75 Å². The molecule has 20 heavy (non-hydrogen) atoms. The van der Waals surface area contributed by atoms with Gasteiger partial charge in [0.25, 0.3) is 5.91 Å². The summed E-state index contributed by atoms with van der Waals surface area (Å²) in [6.07, 6.45) is 0. The Morgan fingerprint density at radius 3 is 2.85 bits per heavy atom. The molecule has 2 aromatic carbocycles. The fraction of sp³-hybridized carbons (Fsp3) is 0.133. The summed E-state index contributed by atoms with van der Waals surface area (Å²) in [5.41, 5.74) is 9.02. The van der Waals surface area contributed by atoms with Crippen LogP contribution >= 0.6 is 0 Å². The largest absolute Gasteiger partial charge is 0.482 e. The van der Waals surface area contributed by atoms with E-state index in [1.165, 1.54) is 0 Å². The minimum absolute atomic E-state index is 0.0835. The summed E-state index contributed by atoms with van der Waals surface area (Å²) in [6, 6.07) is 15.6. The highest BCUT2D eigenvalue weighted by atomic mass is 16.5. The molecule has 1 aliphatic rings. The highest BCUT2D eigenvalue weighted by molar-refractivity contribution is 5.95. The van der Waals surface area contributed by atoms with Crippen LogP contribution in [0.4, 0.5) is 11.4 Å². The summed E-state index contributed by atoms with van der Waals surface area (Å²) in [5.74, 6) is 0.592. The molecule has 3 rings (SSSR count). The van der Waals surface area contributed by atoms with Crippen LogP contribution in [0.15, 0.2) is 48.5 Å². The minimum Gasteiger partial charge on any atom is -0.482 e. The van der Waals surface area contributed by atoms with Gasteiger partial charge in [0, 0.05) is 12.2 Å². The zero-order valence-corrected chi connectivity index (χ0v) is 10.8. The molecule has 0 aromatic heterocycles. The van der Waals surface area contributed by atoms with Crippen molar-refractivity contribution in [1.82, 2.24) is 5.43 Å². The van der Waals surface area contributed by atoms with Gasteiger partial charge < -0.3 is 15.5 Å². The van der Waals surface area contributed by atoms with Crippen LogP contribution < -0.4 is 20.9 Å². The second-order valence-corrected chi connectivity index (χ2v) is 4.51. The fourth-order valence-electron chi connectivity index (χ4n) is 2.01. The zero-order valence-electron chi connectivity index (χ0n) is 10.8. The number of para-hydroxylation sites is 1. The zero-order chi connectivity index (χ0) is 13.8. The Labute approximate surface area is 116 Å². The number of benzene rings is 2. The summed E-state index contributed by atoms with van der Waals surface area (Å²) < 4.78 is 5.32. The van der Waals surface area contributed by atoms with Gasteiger partial charge in [-0.2, -0.15) is 0 Å². The van der Waals surface area contributed by atoms with Crippen molar-refractivity contribution in [3.63, 3.8) is 0 Å². The molecule has 102 valence electrons. The molecule has 5 heteroatoms. The van der Waals surface area contributed by atoms with E-state index >= 15 is 0 Å². The van der Waals surface area contributed by atoms with Gasteiger partial charge in [-0.3, -0.25) is 4.79 Å². The van der Waals surface area contributed by atoms with Crippen LogP contribution in [0.25, 0.3) is 0 Å². The van der Waals surface area contributed by atoms with Crippen molar-refractivity contribution in [2.24, 2.45) is 0 Å². The molecule has 3 N–H and O–H groups in total. The Balaban J connectivity index is 1.61. The van der Waals surface area contributed by atoms with Crippen LogP contribution in [0, 0.1) is 0 Å². The monoisotopic (exact) mass is 269 g/mol. The standard InChI is InChI=1S/C15H15N3O2/c19-15-10-20-14-7-6-11(8-13(14)17-15)9-16-18-12-4-2-1-3-5-12/h1-8,16,18H,9-10H2,(H,17,19). The first kappa shape index (κ1) is 12.5. The Kier molecular flexibility index (Phi) is 3.52. The second kappa shape index (κ2) is 5.63. The number of rotatable bonds is 4. The number of nitrogens with one attached hydrogen (secondary N) is 3. The quantitative estimate of drug-likeness (QED) is 0.744. The summed E-state index contributed by atoms with van der Waals surface area (Å²) >= 11 is 0. The Bertz CT molecular complexity index is 614. The molecule has 0 spiro atoms. The van der Waals surface area contributed by atoms with Crippen LogP contribution in [0.1, 0.15) is 5.56 Å². The number of anilines is 2. The summed E-state index contributed by atoms with van der Waals surface area (Å²) in [6.45, 7) is 0.720. The number of hydrogen-bond donors (Lipinski definition) is 3. The van der Waals surface area contributed by atoms with Crippen molar-refractivity contribution < 1.29 is 9.53 Å². The Hall–Kier alpha value is -2.53. The highest BCUT2D eigenvalue weighted by Gasteiger charge is 2.15. The third kappa shape index (κ3) is 2.89. The first-order valence-electron chi connectivity index (χ1n) is 6.41. The number of carbonyl (C=O) groups is 1. The minimum atomic E-state index is -0.120. The van der Waals surface area contributed by atoms with E-state index in [1.54, 1.807) is 0 Å². The summed E-state index contributed by atoms with van der Waals surface area (Å²) in [5, 5.41) is 2.80. The van der Waals surface area contributed by atoms with Gasteiger partial charge in [0.05, 0.1) is 5.69 Å². The molecule has 5 nitrogen and oxygen atoms in total. The fourth-order valence-corrected chi connectivity index (χ4v) is 2.01. The highest BCUT2D eigenvalue weighted by Crippen LogP contribution is 2.28. The molecule has 2 aromatic rings. The first-order chi connectivity index (χ1) is 9.81. The van der Waals surface area contributed by atoms with E-state index in [-0.39, 0.29) is 12.5 Å². The van der Waals surface area contributed by atoms with E-state index in [2.05, 4.69) is 16.2 Å². The lowest BCUT2D eigenvalue weighted by molar-refractivity contribution is -0.118. The SMILES string of the molecule is O=C1COc2ccc(CNNc3ccccc3)cc2N1. The van der Waals surface area contributed by atoms with Gasteiger partial charge in [0.2, 0.25) is 0 Å². The van der Waals surface area contributed by atoms with E-state index < -0.39 is 0 Å². The van der Waals surface area contributed by atoms with Gasteiger partial charge in [-0.15, -0.1) is 0 Å². The molecule has 0 bridgehead atoms. The number of amides is 1. The topological polar surface area (TPSA) is 62.4 Å². The molecule has 0 saturated heterocycles. The van der Waals surface area contributed by atoms with Gasteiger partial charge in [-0.05, 0) is 29.8 Å². The lowest BCUT2D eigenvalue weighted by Gasteiger charge is -2.18. The Morgan fingerprint density at radius 1 is 1.15 bits per heavy atom. The number of fused-ring (bicyclic) bond motifs is 1. The first-order valence-corrected chi connectivity index (χ1v) is 6.41. The molecule has 0 saturated carbocycles. The Morgan fingerprint density at radius 2 is 2.00 bits per heavy atom. The van der Waals surface area contributed by atoms with Gasteiger partial charge >= 0.3 is 0 Å². The second-order valence-electron chi connectivity index (χ2n) is 4.51. The molecule has 0 unspecified atom stereocenters. The summed E-state index contributed by atoms with van der Waals surface area (Å²) in [7, 11) is 0. The van der Waals surface area contributed by atoms with E-state index in [9.17, 15) is 4.79 Å². The van der Waals surface area contributed by atoms with Crippen molar-refractivity contribution in [1.29, 1.82) is 0 Å². The molecular weight excluding hydrogens is 254 g/mol. The van der Waals surface area contributed by atoms with Crippen LogP contribution in [0.2, 0.25) is 0 Å². The average molecular weight is 269 g/mol.